The lowest BCUT2D eigenvalue weighted by Gasteiger charge is -2.53. The van der Waals surface area contributed by atoms with Crippen molar-refractivity contribution in [2.75, 3.05) is 6.61 Å². The maximum Gasteiger partial charge on any atom is 0.229 e. The Labute approximate surface area is 213 Å². The third-order valence-corrected chi connectivity index (χ3v) is 7.55. The summed E-state index contributed by atoms with van der Waals surface area (Å²) in [6.07, 6.45) is 3.72. The van der Waals surface area contributed by atoms with E-state index in [2.05, 4.69) is 12.6 Å². The van der Waals surface area contributed by atoms with Crippen LogP contribution < -0.4 is 0 Å². The number of hydrogen-bond acceptors (Lipinski definition) is 3. The van der Waals surface area contributed by atoms with E-state index in [0.29, 0.717) is 42.1 Å². The number of carbonyl (C=O) groups is 1. The molecular formula is C28H35Cl2NO3. The van der Waals surface area contributed by atoms with Crippen molar-refractivity contribution in [1.82, 2.24) is 4.90 Å². The summed E-state index contributed by atoms with van der Waals surface area (Å²) in [5.74, 6) is -0.0258. The average molecular weight is 504 g/mol. The molecule has 0 bridgehead atoms. The van der Waals surface area contributed by atoms with Crippen LogP contribution in [0.3, 0.4) is 0 Å². The number of allylic oxidation sites excluding steroid dienone is 1. The van der Waals surface area contributed by atoms with E-state index in [4.69, 9.17) is 23.2 Å². The second-order valence-corrected chi connectivity index (χ2v) is 10.4. The lowest BCUT2D eigenvalue weighted by molar-refractivity contribution is -0.158. The molecule has 1 saturated heterocycles. The number of aliphatic hydroxyl groups is 2. The minimum absolute atomic E-state index is 0.00136. The van der Waals surface area contributed by atoms with Crippen molar-refractivity contribution in [3.8, 4) is 0 Å². The summed E-state index contributed by atoms with van der Waals surface area (Å²) < 4.78 is 0. The number of carbonyl (C=O) groups excluding carboxylic acids is 1. The van der Waals surface area contributed by atoms with Gasteiger partial charge in [0.15, 0.2) is 0 Å². The maximum absolute atomic E-state index is 14.2. The molecule has 1 aliphatic rings. The Balaban J connectivity index is 2.21. The van der Waals surface area contributed by atoms with Gasteiger partial charge < -0.3 is 15.1 Å². The van der Waals surface area contributed by atoms with E-state index in [-0.39, 0.29) is 24.5 Å². The minimum Gasteiger partial charge on any atom is -0.396 e. The smallest absolute Gasteiger partial charge is 0.229 e. The molecule has 1 aliphatic heterocycles. The number of likely N-dealkylation sites (tertiary alicyclic amines) is 1. The highest BCUT2D eigenvalue weighted by molar-refractivity contribution is 6.30. The van der Waals surface area contributed by atoms with Crippen LogP contribution in [0, 0.1) is 5.41 Å². The molecule has 0 saturated carbocycles. The molecule has 0 aromatic heterocycles. The zero-order valence-corrected chi connectivity index (χ0v) is 21.5. The fourth-order valence-corrected chi connectivity index (χ4v) is 5.72. The number of hydrogen-bond donors (Lipinski definition) is 2. The molecular weight excluding hydrogens is 469 g/mol. The maximum atomic E-state index is 14.2. The van der Waals surface area contributed by atoms with Gasteiger partial charge in [-0.05, 0) is 67.5 Å². The quantitative estimate of drug-likeness (QED) is 0.361. The minimum atomic E-state index is -0.748. The Morgan fingerprint density at radius 1 is 1.18 bits per heavy atom. The highest BCUT2D eigenvalue weighted by atomic mass is 35.5. The first-order chi connectivity index (χ1) is 16.3. The molecule has 3 rings (SSSR count). The van der Waals surface area contributed by atoms with Gasteiger partial charge in [0.25, 0.3) is 0 Å². The summed E-state index contributed by atoms with van der Waals surface area (Å²) in [6, 6.07) is 14.7. The van der Waals surface area contributed by atoms with Crippen LogP contribution in [0.25, 0.3) is 0 Å². The van der Waals surface area contributed by atoms with Gasteiger partial charge in [0.2, 0.25) is 5.91 Å². The molecule has 6 heteroatoms. The van der Waals surface area contributed by atoms with E-state index in [0.717, 1.165) is 11.1 Å². The average Bonchev–Trinajstić information content (AvgIpc) is 2.81. The molecule has 2 unspecified atom stereocenters. The van der Waals surface area contributed by atoms with Gasteiger partial charge in [0.1, 0.15) is 0 Å². The van der Waals surface area contributed by atoms with E-state index in [1.807, 2.05) is 61.2 Å². The molecule has 2 aromatic rings. The van der Waals surface area contributed by atoms with E-state index >= 15 is 0 Å². The van der Waals surface area contributed by atoms with Gasteiger partial charge in [-0.3, -0.25) is 4.79 Å². The van der Waals surface area contributed by atoms with Gasteiger partial charge >= 0.3 is 0 Å². The monoisotopic (exact) mass is 503 g/mol. The molecule has 1 fully saturated rings. The number of benzene rings is 2. The first-order valence-corrected chi connectivity index (χ1v) is 12.7. The number of piperidine rings is 1. The van der Waals surface area contributed by atoms with Crippen LogP contribution in [0.15, 0.2) is 61.2 Å². The van der Waals surface area contributed by atoms with Gasteiger partial charge in [0.05, 0.1) is 23.6 Å². The van der Waals surface area contributed by atoms with Gasteiger partial charge in [-0.15, -0.1) is 6.58 Å². The summed E-state index contributed by atoms with van der Waals surface area (Å²) in [6.45, 7) is 7.90. The molecule has 184 valence electrons. The number of nitrogens with zero attached hydrogens (tertiary/aromatic N) is 1. The second-order valence-electron chi connectivity index (χ2n) is 9.54. The highest BCUT2D eigenvalue weighted by Gasteiger charge is 2.51. The van der Waals surface area contributed by atoms with Crippen LogP contribution in [0.1, 0.15) is 69.0 Å². The van der Waals surface area contributed by atoms with E-state index in [9.17, 15) is 15.0 Å². The summed E-state index contributed by atoms with van der Waals surface area (Å²) in [5, 5.41) is 21.8. The molecule has 4 nitrogen and oxygen atoms in total. The molecule has 1 heterocycles. The second kappa shape index (κ2) is 11.7. The van der Waals surface area contributed by atoms with Crippen LogP contribution >= 0.6 is 23.2 Å². The van der Waals surface area contributed by atoms with Crippen molar-refractivity contribution in [3.05, 3.63) is 82.4 Å². The molecule has 1 amide bonds. The third kappa shape index (κ3) is 5.68. The van der Waals surface area contributed by atoms with Crippen molar-refractivity contribution >= 4 is 29.1 Å². The SMILES string of the molecule is C=CC[C@@]1(C)C[C@H](c2cccc(Cl)c2)C(c2ccc(Cl)cc2)N([C@@H](CC)C(O)CCCO)C1=O. The fraction of sp³-hybridized carbons (Fsp3) is 0.464. The number of halogens is 2. The van der Waals surface area contributed by atoms with E-state index < -0.39 is 17.6 Å². The third-order valence-electron chi connectivity index (χ3n) is 7.06. The first-order valence-electron chi connectivity index (χ1n) is 12.0. The lowest BCUT2D eigenvalue weighted by Crippen LogP contribution is -2.58. The summed E-state index contributed by atoms with van der Waals surface area (Å²) in [7, 11) is 0. The van der Waals surface area contributed by atoms with Crippen molar-refractivity contribution in [3.63, 3.8) is 0 Å². The first kappa shape index (κ1) is 26.7. The largest absolute Gasteiger partial charge is 0.396 e. The Hall–Kier alpha value is -1.85. The molecule has 2 N–H and O–H groups in total. The van der Waals surface area contributed by atoms with Crippen molar-refractivity contribution in [1.29, 1.82) is 0 Å². The standard InChI is InChI=1S/C28H35Cl2NO3/c1-4-15-28(3)18-23(20-8-6-9-22(30)17-20)26(19-11-13-21(29)14-12-19)31(27(28)34)24(5-2)25(33)10-7-16-32/h4,6,8-9,11-14,17,23-26,32-33H,1,5,7,10,15-16,18H2,2-3H3/t23-,24+,25?,26?,28+/m1/s1. The van der Waals surface area contributed by atoms with Crippen molar-refractivity contribution < 1.29 is 15.0 Å². The summed E-state index contributed by atoms with van der Waals surface area (Å²) >= 11 is 12.6. The van der Waals surface area contributed by atoms with Crippen molar-refractivity contribution in [2.24, 2.45) is 5.41 Å². The fourth-order valence-electron chi connectivity index (χ4n) is 5.40. The van der Waals surface area contributed by atoms with Gasteiger partial charge in [-0.2, -0.15) is 0 Å². The number of aliphatic hydroxyl groups excluding tert-OH is 2. The van der Waals surface area contributed by atoms with Crippen LogP contribution in [-0.4, -0.2) is 39.8 Å². The Morgan fingerprint density at radius 3 is 2.47 bits per heavy atom. The van der Waals surface area contributed by atoms with Gasteiger partial charge in [0, 0.05) is 22.6 Å². The topological polar surface area (TPSA) is 60.8 Å². The number of amides is 1. The number of rotatable bonds is 10. The van der Waals surface area contributed by atoms with E-state index in [1.165, 1.54) is 0 Å². The lowest BCUT2D eigenvalue weighted by atomic mass is 9.66. The Bertz CT molecular complexity index is 980. The summed E-state index contributed by atoms with van der Waals surface area (Å²) in [5.41, 5.74) is 1.36. The zero-order chi connectivity index (χ0) is 24.9. The molecule has 0 radical (unpaired) electrons. The predicted octanol–water partition coefficient (Wildman–Crippen LogP) is 6.55. The predicted molar refractivity (Wildman–Crippen MR) is 139 cm³/mol. The molecule has 0 spiro atoms. The van der Waals surface area contributed by atoms with Crippen LogP contribution in [0.5, 0.6) is 0 Å². The van der Waals surface area contributed by atoms with Crippen LogP contribution in [-0.2, 0) is 4.79 Å². The van der Waals surface area contributed by atoms with Crippen LogP contribution in [0.4, 0.5) is 0 Å². The van der Waals surface area contributed by atoms with Gasteiger partial charge in [-0.1, -0.05) is 67.4 Å². The Kier molecular flexibility index (Phi) is 9.22. The molecule has 5 atom stereocenters. The van der Waals surface area contributed by atoms with Crippen molar-refractivity contribution in [2.45, 2.75) is 70.1 Å². The molecule has 0 aliphatic carbocycles. The highest BCUT2D eigenvalue weighted by Crippen LogP contribution is 2.52. The Morgan fingerprint density at radius 2 is 1.88 bits per heavy atom. The normalized spacial score (nSPS) is 24.6. The zero-order valence-electron chi connectivity index (χ0n) is 20.0. The summed E-state index contributed by atoms with van der Waals surface area (Å²) in [4.78, 5) is 16.1. The van der Waals surface area contributed by atoms with E-state index in [1.54, 1.807) is 6.08 Å². The molecule has 34 heavy (non-hydrogen) atoms. The molecule has 2 aromatic carbocycles. The van der Waals surface area contributed by atoms with Gasteiger partial charge in [-0.25, -0.2) is 0 Å². The van der Waals surface area contributed by atoms with Crippen LogP contribution in [0.2, 0.25) is 10.0 Å².